The van der Waals surface area contributed by atoms with E-state index >= 15 is 0 Å². The van der Waals surface area contributed by atoms with Crippen LogP contribution in [-0.4, -0.2) is 39.8 Å². The summed E-state index contributed by atoms with van der Waals surface area (Å²) >= 11 is 0. The van der Waals surface area contributed by atoms with Crippen molar-refractivity contribution in [3.05, 3.63) is 36.2 Å². The molecule has 0 fully saturated rings. The number of pyridine rings is 1. The summed E-state index contributed by atoms with van der Waals surface area (Å²) in [4.78, 5) is 28.1. The van der Waals surface area contributed by atoms with Crippen LogP contribution in [0.3, 0.4) is 0 Å². The minimum Gasteiger partial charge on any atom is -0.462 e. The van der Waals surface area contributed by atoms with Gasteiger partial charge in [0.25, 0.3) is 0 Å². The molecule has 1 N–H and O–H groups in total. The van der Waals surface area contributed by atoms with Gasteiger partial charge in [0.2, 0.25) is 5.91 Å². The minimum atomic E-state index is -0.478. The monoisotopic (exact) mass is 316 g/mol. The molecule has 1 amide bonds. The maximum Gasteiger partial charge on any atom is 0.342 e. The average molecular weight is 316 g/mol. The van der Waals surface area contributed by atoms with Crippen LogP contribution < -0.4 is 5.32 Å². The van der Waals surface area contributed by atoms with Gasteiger partial charge in [0, 0.05) is 18.9 Å². The van der Waals surface area contributed by atoms with Crippen LogP contribution in [-0.2, 0) is 16.1 Å². The normalized spacial score (nSPS) is 10.3. The fraction of sp³-hybridized carbons (Fsp3) is 0.375. The van der Waals surface area contributed by atoms with Crippen molar-refractivity contribution in [1.82, 2.24) is 20.1 Å². The van der Waals surface area contributed by atoms with E-state index < -0.39 is 5.97 Å². The van der Waals surface area contributed by atoms with Crippen LogP contribution in [0.5, 0.6) is 0 Å². The smallest absolute Gasteiger partial charge is 0.342 e. The van der Waals surface area contributed by atoms with Gasteiger partial charge in [-0.05, 0) is 25.5 Å². The third-order valence-corrected chi connectivity index (χ3v) is 3.04. The van der Waals surface area contributed by atoms with Gasteiger partial charge in [0.1, 0.15) is 17.8 Å². The molecule has 0 saturated heterocycles. The SMILES string of the molecule is CCCNC(=O)Cn1cc(C(=O)OCC)c(-c2ccccn2)n1. The number of rotatable bonds is 7. The second-order valence-electron chi connectivity index (χ2n) is 4.87. The Morgan fingerprint density at radius 1 is 1.30 bits per heavy atom. The molecule has 2 aromatic rings. The molecule has 0 aliphatic heterocycles. The Morgan fingerprint density at radius 2 is 2.13 bits per heavy atom. The van der Waals surface area contributed by atoms with Crippen LogP contribution in [0.1, 0.15) is 30.6 Å². The molecule has 23 heavy (non-hydrogen) atoms. The first-order valence-corrected chi connectivity index (χ1v) is 7.58. The highest BCUT2D eigenvalue weighted by Crippen LogP contribution is 2.20. The summed E-state index contributed by atoms with van der Waals surface area (Å²) < 4.78 is 6.48. The average Bonchev–Trinajstić information content (AvgIpc) is 2.98. The Bertz CT molecular complexity index is 667. The molecule has 2 aromatic heterocycles. The molecule has 7 nitrogen and oxygen atoms in total. The zero-order chi connectivity index (χ0) is 16.7. The molecule has 0 radical (unpaired) electrons. The van der Waals surface area contributed by atoms with Gasteiger partial charge < -0.3 is 10.1 Å². The number of carbonyl (C=O) groups excluding carboxylic acids is 2. The highest BCUT2D eigenvalue weighted by atomic mass is 16.5. The van der Waals surface area contributed by atoms with E-state index in [2.05, 4.69) is 15.4 Å². The van der Waals surface area contributed by atoms with Gasteiger partial charge >= 0.3 is 5.97 Å². The summed E-state index contributed by atoms with van der Waals surface area (Å²) in [6.45, 7) is 4.63. The lowest BCUT2D eigenvalue weighted by molar-refractivity contribution is -0.121. The van der Waals surface area contributed by atoms with E-state index in [0.717, 1.165) is 6.42 Å². The number of aromatic nitrogens is 3. The van der Waals surface area contributed by atoms with Crippen molar-refractivity contribution in [2.24, 2.45) is 0 Å². The topological polar surface area (TPSA) is 86.1 Å². The first-order chi connectivity index (χ1) is 11.2. The summed E-state index contributed by atoms with van der Waals surface area (Å²) in [5.74, 6) is -0.634. The largest absolute Gasteiger partial charge is 0.462 e. The van der Waals surface area contributed by atoms with Crippen LogP contribution in [0.2, 0.25) is 0 Å². The zero-order valence-electron chi connectivity index (χ0n) is 13.3. The second kappa shape index (κ2) is 8.07. The highest BCUT2D eigenvalue weighted by molar-refractivity contribution is 5.95. The molecule has 0 aromatic carbocycles. The molecular formula is C16H20N4O3. The predicted octanol–water partition coefficient (Wildman–Crippen LogP) is 1.65. The lowest BCUT2D eigenvalue weighted by Gasteiger charge is -2.03. The van der Waals surface area contributed by atoms with E-state index in [1.807, 2.05) is 13.0 Å². The van der Waals surface area contributed by atoms with E-state index in [9.17, 15) is 9.59 Å². The molecule has 2 rings (SSSR count). The predicted molar refractivity (Wildman–Crippen MR) is 84.7 cm³/mol. The molecule has 0 spiro atoms. The Labute approximate surface area is 134 Å². The third kappa shape index (κ3) is 4.38. The molecule has 0 aliphatic rings. The molecule has 0 unspecified atom stereocenters. The van der Waals surface area contributed by atoms with Crippen LogP contribution in [0.25, 0.3) is 11.4 Å². The summed E-state index contributed by atoms with van der Waals surface area (Å²) in [6, 6.07) is 5.35. The lowest BCUT2D eigenvalue weighted by Crippen LogP contribution is -2.28. The fourth-order valence-electron chi connectivity index (χ4n) is 2.02. The van der Waals surface area contributed by atoms with Crippen LogP contribution in [0.4, 0.5) is 0 Å². The van der Waals surface area contributed by atoms with Gasteiger partial charge in [0.15, 0.2) is 0 Å². The van der Waals surface area contributed by atoms with Gasteiger partial charge in [-0.15, -0.1) is 0 Å². The van der Waals surface area contributed by atoms with Gasteiger partial charge in [-0.3, -0.25) is 14.5 Å². The zero-order valence-corrected chi connectivity index (χ0v) is 13.3. The lowest BCUT2D eigenvalue weighted by atomic mass is 10.2. The van der Waals surface area contributed by atoms with Crippen molar-refractivity contribution in [1.29, 1.82) is 0 Å². The van der Waals surface area contributed by atoms with E-state index in [1.54, 1.807) is 25.3 Å². The Kier molecular flexibility index (Phi) is 5.85. The van der Waals surface area contributed by atoms with E-state index in [0.29, 0.717) is 23.5 Å². The standard InChI is InChI=1S/C16H20N4O3/c1-3-8-18-14(21)11-20-10-12(16(22)23-4-2)15(19-20)13-7-5-6-9-17-13/h5-7,9-10H,3-4,8,11H2,1-2H3,(H,18,21). The Hall–Kier alpha value is -2.70. The van der Waals surface area contributed by atoms with Crippen molar-refractivity contribution in [2.75, 3.05) is 13.2 Å². The minimum absolute atomic E-state index is 0.0409. The van der Waals surface area contributed by atoms with Crippen LogP contribution >= 0.6 is 0 Å². The quantitative estimate of drug-likeness (QED) is 0.785. The highest BCUT2D eigenvalue weighted by Gasteiger charge is 2.20. The maximum absolute atomic E-state index is 12.1. The number of esters is 1. The second-order valence-corrected chi connectivity index (χ2v) is 4.87. The summed E-state index contributed by atoms with van der Waals surface area (Å²) in [7, 11) is 0. The van der Waals surface area contributed by atoms with Crippen molar-refractivity contribution in [3.8, 4) is 11.4 Å². The molecule has 0 aliphatic carbocycles. The van der Waals surface area contributed by atoms with Crippen molar-refractivity contribution >= 4 is 11.9 Å². The van der Waals surface area contributed by atoms with Crippen molar-refractivity contribution < 1.29 is 14.3 Å². The van der Waals surface area contributed by atoms with Gasteiger partial charge in [0.05, 0.1) is 12.3 Å². The summed E-state index contributed by atoms with van der Waals surface area (Å²) in [5, 5.41) is 7.10. The maximum atomic E-state index is 12.1. The number of nitrogens with one attached hydrogen (secondary N) is 1. The van der Waals surface area contributed by atoms with Gasteiger partial charge in [-0.1, -0.05) is 13.0 Å². The molecule has 0 atom stereocenters. The van der Waals surface area contributed by atoms with E-state index in [-0.39, 0.29) is 19.1 Å². The fourth-order valence-corrected chi connectivity index (χ4v) is 2.02. The van der Waals surface area contributed by atoms with Gasteiger partial charge in [-0.25, -0.2) is 4.79 Å². The third-order valence-electron chi connectivity index (χ3n) is 3.04. The molecule has 2 heterocycles. The van der Waals surface area contributed by atoms with Gasteiger partial charge in [-0.2, -0.15) is 5.10 Å². The molecule has 7 heteroatoms. The first kappa shape index (κ1) is 16.7. The molecule has 0 saturated carbocycles. The molecular weight excluding hydrogens is 296 g/mol. The number of ether oxygens (including phenoxy) is 1. The van der Waals surface area contributed by atoms with Crippen LogP contribution in [0.15, 0.2) is 30.6 Å². The number of hydrogen-bond donors (Lipinski definition) is 1. The summed E-state index contributed by atoms with van der Waals surface area (Å²) in [5.41, 5.74) is 1.27. The Morgan fingerprint density at radius 3 is 2.78 bits per heavy atom. The molecule has 0 bridgehead atoms. The number of carbonyl (C=O) groups is 2. The van der Waals surface area contributed by atoms with E-state index in [1.165, 1.54) is 10.9 Å². The summed E-state index contributed by atoms with van der Waals surface area (Å²) in [6.07, 6.45) is 4.00. The van der Waals surface area contributed by atoms with Crippen molar-refractivity contribution in [3.63, 3.8) is 0 Å². The number of amides is 1. The van der Waals surface area contributed by atoms with Crippen LogP contribution in [0, 0.1) is 0 Å². The van der Waals surface area contributed by atoms with E-state index in [4.69, 9.17) is 4.74 Å². The molecule has 122 valence electrons. The van der Waals surface area contributed by atoms with Crippen molar-refractivity contribution in [2.45, 2.75) is 26.8 Å². The first-order valence-electron chi connectivity index (χ1n) is 7.58. The Balaban J connectivity index is 2.28. The number of hydrogen-bond acceptors (Lipinski definition) is 5. The number of nitrogens with zero attached hydrogens (tertiary/aromatic N) is 3.